The van der Waals surface area contributed by atoms with E-state index in [-0.39, 0.29) is 17.9 Å². The van der Waals surface area contributed by atoms with Crippen molar-refractivity contribution in [2.75, 3.05) is 0 Å². The van der Waals surface area contributed by atoms with E-state index in [0.717, 1.165) is 42.1 Å². The molecule has 124 valence electrons. The molecule has 0 bridgehead atoms. The minimum absolute atomic E-state index is 0.173. The molecule has 0 saturated heterocycles. The highest BCUT2D eigenvalue weighted by molar-refractivity contribution is 5.85. The van der Waals surface area contributed by atoms with Gasteiger partial charge in [0.15, 0.2) is 0 Å². The number of nitrogens with one attached hydrogen (secondary N) is 1. The highest BCUT2D eigenvalue weighted by Gasteiger charge is 2.37. The van der Waals surface area contributed by atoms with Crippen LogP contribution in [0.25, 0.3) is 10.9 Å². The minimum atomic E-state index is -0.631. The first-order valence-corrected chi connectivity index (χ1v) is 8.52. The summed E-state index contributed by atoms with van der Waals surface area (Å²) in [4.78, 5) is 15.5. The predicted octanol–water partition coefficient (Wildman–Crippen LogP) is 3.14. The first-order chi connectivity index (χ1) is 11.0. The fourth-order valence-electron chi connectivity index (χ4n) is 3.96. The molecular weight excluding hydrogens is 288 g/mol. The molecule has 1 amide bonds. The van der Waals surface area contributed by atoms with Crippen molar-refractivity contribution in [3.8, 4) is 0 Å². The van der Waals surface area contributed by atoms with Crippen LogP contribution in [-0.4, -0.2) is 22.1 Å². The Hall–Kier alpha value is -1.81. The van der Waals surface area contributed by atoms with Gasteiger partial charge in [0.25, 0.3) is 0 Å². The third-order valence-electron chi connectivity index (χ3n) is 5.43. The van der Waals surface area contributed by atoms with E-state index in [9.17, 15) is 9.90 Å². The van der Waals surface area contributed by atoms with Gasteiger partial charge >= 0.3 is 0 Å². The highest BCUT2D eigenvalue weighted by Crippen LogP contribution is 2.38. The third-order valence-corrected chi connectivity index (χ3v) is 5.43. The fraction of sp³-hybridized carbons (Fsp3) is 0.526. The Labute approximate surface area is 137 Å². The van der Waals surface area contributed by atoms with Crippen molar-refractivity contribution in [1.29, 1.82) is 0 Å². The maximum atomic E-state index is 12.2. The molecule has 1 aliphatic rings. The molecule has 4 N–H and O–H groups in total. The first-order valence-electron chi connectivity index (χ1n) is 8.52. The fourth-order valence-corrected chi connectivity index (χ4v) is 3.96. The number of aromatic amines is 1. The molecule has 3 unspecified atom stereocenters. The Morgan fingerprint density at radius 3 is 2.83 bits per heavy atom. The van der Waals surface area contributed by atoms with Crippen LogP contribution < -0.4 is 5.73 Å². The summed E-state index contributed by atoms with van der Waals surface area (Å²) in [6, 6.07) is 8.10. The van der Waals surface area contributed by atoms with Crippen LogP contribution in [0, 0.1) is 11.3 Å². The molecule has 23 heavy (non-hydrogen) atoms. The van der Waals surface area contributed by atoms with Gasteiger partial charge in [-0.1, -0.05) is 38.0 Å². The summed E-state index contributed by atoms with van der Waals surface area (Å²) in [5.41, 5.74) is 7.33. The number of carbonyl (C=O) groups is 1. The average molecular weight is 314 g/mol. The van der Waals surface area contributed by atoms with Gasteiger partial charge in [0.2, 0.25) is 5.91 Å². The minimum Gasteiger partial charge on any atom is -0.393 e. The summed E-state index contributed by atoms with van der Waals surface area (Å²) in [7, 11) is 0. The van der Waals surface area contributed by atoms with Crippen molar-refractivity contribution in [1.82, 2.24) is 4.98 Å². The molecular formula is C19H26N2O2. The van der Waals surface area contributed by atoms with E-state index in [1.165, 1.54) is 0 Å². The molecule has 0 radical (unpaired) electrons. The lowest BCUT2D eigenvalue weighted by Crippen LogP contribution is -2.40. The third kappa shape index (κ3) is 3.27. The number of aromatic nitrogens is 1. The quantitative estimate of drug-likeness (QED) is 0.792. The van der Waals surface area contributed by atoms with Crippen LogP contribution in [0.1, 0.15) is 44.6 Å². The number of aliphatic hydroxyl groups is 1. The molecule has 1 fully saturated rings. The smallest absolute Gasteiger partial charge is 0.223 e. The molecule has 4 nitrogen and oxygen atoms in total. The Morgan fingerprint density at radius 2 is 2.09 bits per heavy atom. The molecule has 4 heteroatoms. The van der Waals surface area contributed by atoms with Crippen LogP contribution in [0.15, 0.2) is 30.5 Å². The molecule has 3 atom stereocenters. The van der Waals surface area contributed by atoms with Crippen molar-refractivity contribution in [2.24, 2.45) is 17.1 Å². The van der Waals surface area contributed by atoms with Crippen LogP contribution in [0.4, 0.5) is 0 Å². The van der Waals surface area contributed by atoms with Crippen LogP contribution in [0.5, 0.6) is 0 Å². The number of carbonyl (C=O) groups excluding carboxylic acids is 1. The van der Waals surface area contributed by atoms with Crippen molar-refractivity contribution in [3.63, 3.8) is 0 Å². The number of hydrogen-bond donors (Lipinski definition) is 3. The van der Waals surface area contributed by atoms with Crippen LogP contribution in [0.3, 0.4) is 0 Å². The van der Waals surface area contributed by atoms with Crippen molar-refractivity contribution < 1.29 is 9.90 Å². The van der Waals surface area contributed by atoms with E-state index in [0.29, 0.717) is 12.8 Å². The molecule has 2 aromatic rings. The molecule has 1 heterocycles. The number of aliphatic hydroxyl groups excluding tert-OH is 1. The van der Waals surface area contributed by atoms with Gasteiger partial charge in [-0.2, -0.15) is 0 Å². The second kappa shape index (κ2) is 6.36. The SMILES string of the molecule is CC(Cc1c[nH]c2ccccc12)(CC1CCCCC1O)C(N)=O. The predicted molar refractivity (Wildman–Crippen MR) is 91.9 cm³/mol. The summed E-state index contributed by atoms with van der Waals surface area (Å²) in [6.07, 6.45) is 6.97. The molecule has 1 aliphatic carbocycles. The lowest BCUT2D eigenvalue weighted by molar-refractivity contribution is -0.128. The zero-order chi connectivity index (χ0) is 16.4. The van der Waals surface area contributed by atoms with Crippen molar-refractivity contribution in [2.45, 2.75) is 51.6 Å². The summed E-state index contributed by atoms with van der Waals surface area (Å²) in [6.45, 7) is 1.94. The van der Waals surface area contributed by atoms with Crippen LogP contribution in [0.2, 0.25) is 0 Å². The summed E-state index contributed by atoms with van der Waals surface area (Å²) < 4.78 is 0. The number of para-hydroxylation sites is 1. The standard InChI is InChI=1S/C19H26N2O2/c1-19(18(20)23,10-13-6-2-5-9-17(13)22)11-14-12-21-16-8-4-3-7-15(14)16/h3-4,7-8,12-13,17,21-22H,2,5-6,9-11H2,1H3,(H2,20,23). The second-order valence-electron chi connectivity index (χ2n) is 7.28. The van der Waals surface area contributed by atoms with Gasteiger partial charge in [-0.05, 0) is 43.2 Å². The first kappa shape index (κ1) is 16.1. The van der Waals surface area contributed by atoms with Crippen molar-refractivity contribution >= 4 is 16.8 Å². The number of nitrogens with two attached hydrogens (primary N) is 1. The number of rotatable bonds is 5. The Kier molecular flexibility index (Phi) is 4.44. The zero-order valence-corrected chi connectivity index (χ0v) is 13.7. The van der Waals surface area contributed by atoms with Gasteiger partial charge in [0.1, 0.15) is 0 Å². The number of H-pyrrole nitrogens is 1. The maximum absolute atomic E-state index is 12.2. The number of primary amides is 1. The van der Waals surface area contributed by atoms with E-state index >= 15 is 0 Å². The molecule has 1 saturated carbocycles. The van der Waals surface area contributed by atoms with Crippen LogP contribution >= 0.6 is 0 Å². The number of hydrogen-bond acceptors (Lipinski definition) is 2. The summed E-state index contributed by atoms with van der Waals surface area (Å²) in [5.74, 6) is -0.105. The van der Waals surface area contributed by atoms with E-state index in [1.54, 1.807) is 0 Å². The van der Waals surface area contributed by atoms with Gasteiger partial charge in [0, 0.05) is 17.1 Å². The van der Waals surface area contributed by atoms with Gasteiger partial charge in [-0.3, -0.25) is 4.79 Å². The summed E-state index contributed by atoms with van der Waals surface area (Å²) in [5, 5.41) is 11.4. The Morgan fingerprint density at radius 1 is 1.35 bits per heavy atom. The Balaban J connectivity index is 1.84. The topological polar surface area (TPSA) is 79.1 Å². The van der Waals surface area contributed by atoms with Crippen LogP contribution in [-0.2, 0) is 11.2 Å². The molecule has 3 rings (SSSR count). The van der Waals surface area contributed by atoms with E-state index in [1.807, 2.05) is 31.3 Å². The lowest BCUT2D eigenvalue weighted by atomic mass is 9.71. The van der Waals surface area contributed by atoms with E-state index < -0.39 is 5.41 Å². The van der Waals surface area contributed by atoms with Gasteiger partial charge in [-0.25, -0.2) is 0 Å². The van der Waals surface area contributed by atoms with E-state index in [2.05, 4.69) is 11.1 Å². The maximum Gasteiger partial charge on any atom is 0.223 e. The summed E-state index contributed by atoms with van der Waals surface area (Å²) >= 11 is 0. The van der Waals surface area contributed by atoms with Gasteiger partial charge in [0.05, 0.1) is 11.5 Å². The molecule has 0 spiro atoms. The lowest BCUT2D eigenvalue weighted by Gasteiger charge is -2.35. The highest BCUT2D eigenvalue weighted by atomic mass is 16.3. The van der Waals surface area contributed by atoms with Gasteiger partial charge < -0.3 is 15.8 Å². The van der Waals surface area contributed by atoms with E-state index in [4.69, 9.17) is 5.73 Å². The van der Waals surface area contributed by atoms with Crippen molar-refractivity contribution in [3.05, 3.63) is 36.0 Å². The molecule has 0 aliphatic heterocycles. The molecule has 1 aromatic heterocycles. The number of fused-ring (bicyclic) bond motifs is 1. The van der Waals surface area contributed by atoms with Gasteiger partial charge in [-0.15, -0.1) is 0 Å². The second-order valence-corrected chi connectivity index (χ2v) is 7.28. The molecule has 1 aromatic carbocycles. The number of benzene rings is 1. The normalized spacial score (nSPS) is 24.4. The zero-order valence-electron chi connectivity index (χ0n) is 13.7. The monoisotopic (exact) mass is 314 g/mol. The average Bonchev–Trinajstić information content (AvgIpc) is 2.93. The largest absolute Gasteiger partial charge is 0.393 e. The Bertz CT molecular complexity index is 693. The number of amides is 1.